The summed E-state index contributed by atoms with van der Waals surface area (Å²) in [5.41, 5.74) is 2.02. The summed E-state index contributed by atoms with van der Waals surface area (Å²) in [5, 5.41) is 8.34. The van der Waals surface area contributed by atoms with Gasteiger partial charge in [-0.3, -0.25) is 14.5 Å². The van der Waals surface area contributed by atoms with E-state index in [1.165, 1.54) is 25.7 Å². The molecule has 1 aliphatic rings. The number of carbonyl (C=O) groups excluding carboxylic acids is 1. The van der Waals surface area contributed by atoms with Crippen LogP contribution in [0.1, 0.15) is 36.2 Å². The number of nitrogens with zero attached hydrogens (tertiary/aromatic N) is 3. The van der Waals surface area contributed by atoms with E-state index in [1.54, 1.807) is 29.1 Å². The van der Waals surface area contributed by atoms with Crippen LogP contribution >= 0.6 is 0 Å². The summed E-state index contributed by atoms with van der Waals surface area (Å²) in [7, 11) is 1.88. The molecule has 2 aromatic heterocycles. The topological polar surface area (TPSA) is 69.0 Å². The lowest BCUT2D eigenvalue weighted by Crippen LogP contribution is -2.13. The molecule has 6 nitrogen and oxygen atoms in total. The average molecular weight is 350 g/mol. The number of carbonyl (C=O) groups is 1. The number of anilines is 1. The highest BCUT2D eigenvalue weighted by atomic mass is 16.5. The molecule has 1 amide bonds. The second-order valence-electron chi connectivity index (χ2n) is 6.79. The summed E-state index contributed by atoms with van der Waals surface area (Å²) >= 11 is 0. The SMILES string of the molecule is Cn1nc(OCC2CCCC2)c2ccc(NC(=O)c3ccccn3)cc21. The number of aryl methyl sites for hydroxylation is 1. The van der Waals surface area contributed by atoms with Crippen LogP contribution in [0.4, 0.5) is 5.69 Å². The molecular weight excluding hydrogens is 328 g/mol. The Balaban J connectivity index is 1.52. The van der Waals surface area contributed by atoms with Gasteiger partial charge < -0.3 is 10.1 Å². The van der Waals surface area contributed by atoms with Gasteiger partial charge in [-0.25, -0.2) is 0 Å². The Kier molecular flexibility index (Phi) is 4.56. The summed E-state index contributed by atoms with van der Waals surface area (Å²) in [4.78, 5) is 16.3. The Morgan fingerprint density at radius 3 is 2.88 bits per heavy atom. The number of fused-ring (bicyclic) bond motifs is 1. The fourth-order valence-corrected chi connectivity index (χ4v) is 3.47. The molecule has 1 N–H and O–H groups in total. The fourth-order valence-electron chi connectivity index (χ4n) is 3.47. The van der Waals surface area contributed by atoms with Gasteiger partial charge in [0.15, 0.2) is 0 Å². The van der Waals surface area contributed by atoms with E-state index in [0.717, 1.165) is 17.5 Å². The summed E-state index contributed by atoms with van der Waals surface area (Å²) in [6.07, 6.45) is 6.70. The molecule has 3 aromatic rings. The minimum atomic E-state index is -0.232. The first-order valence-corrected chi connectivity index (χ1v) is 9.02. The van der Waals surface area contributed by atoms with Crippen LogP contribution in [0.25, 0.3) is 10.9 Å². The van der Waals surface area contributed by atoms with Gasteiger partial charge in [0.2, 0.25) is 5.88 Å². The summed E-state index contributed by atoms with van der Waals surface area (Å²) in [6, 6.07) is 11.0. The molecule has 26 heavy (non-hydrogen) atoms. The number of hydrogen-bond acceptors (Lipinski definition) is 4. The van der Waals surface area contributed by atoms with Crippen molar-refractivity contribution >= 4 is 22.5 Å². The first kappa shape index (κ1) is 16.6. The maximum absolute atomic E-state index is 12.3. The number of rotatable bonds is 5. The van der Waals surface area contributed by atoms with E-state index in [1.807, 2.05) is 25.2 Å². The van der Waals surface area contributed by atoms with E-state index in [0.29, 0.717) is 23.2 Å². The van der Waals surface area contributed by atoms with Crippen LogP contribution in [0.15, 0.2) is 42.6 Å². The zero-order valence-corrected chi connectivity index (χ0v) is 14.8. The average Bonchev–Trinajstić information content (AvgIpc) is 3.29. The number of nitrogens with one attached hydrogen (secondary N) is 1. The maximum Gasteiger partial charge on any atom is 0.274 e. The third kappa shape index (κ3) is 3.40. The van der Waals surface area contributed by atoms with Crippen molar-refractivity contribution in [3.63, 3.8) is 0 Å². The van der Waals surface area contributed by atoms with Crippen LogP contribution in [0, 0.1) is 5.92 Å². The molecule has 1 aromatic carbocycles. The third-order valence-electron chi connectivity index (χ3n) is 4.90. The fraction of sp³-hybridized carbons (Fsp3) is 0.350. The van der Waals surface area contributed by atoms with Crippen molar-refractivity contribution < 1.29 is 9.53 Å². The minimum Gasteiger partial charge on any atom is -0.476 e. The summed E-state index contributed by atoms with van der Waals surface area (Å²) in [6.45, 7) is 0.726. The lowest BCUT2D eigenvalue weighted by Gasteiger charge is -2.09. The quantitative estimate of drug-likeness (QED) is 0.760. The Bertz CT molecular complexity index is 914. The number of aromatic nitrogens is 3. The van der Waals surface area contributed by atoms with Crippen molar-refractivity contribution in [1.29, 1.82) is 0 Å². The number of pyridine rings is 1. The molecule has 134 valence electrons. The summed E-state index contributed by atoms with van der Waals surface area (Å²) < 4.78 is 7.77. The van der Waals surface area contributed by atoms with Gasteiger partial charge in [-0.15, -0.1) is 5.10 Å². The highest BCUT2D eigenvalue weighted by Crippen LogP contribution is 2.30. The molecule has 0 spiro atoms. The van der Waals surface area contributed by atoms with Crippen molar-refractivity contribution in [2.75, 3.05) is 11.9 Å². The summed E-state index contributed by atoms with van der Waals surface area (Å²) in [5.74, 6) is 1.07. The van der Waals surface area contributed by atoms with E-state index in [4.69, 9.17) is 4.74 Å². The number of benzene rings is 1. The minimum absolute atomic E-state index is 0.232. The molecule has 0 aliphatic heterocycles. The molecule has 1 saturated carbocycles. The van der Waals surface area contributed by atoms with Crippen LogP contribution < -0.4 is 10.1 Å². The predicted octanol–water partition coefficient (Wildman–Crippen LogP) is 3.79. The smallest absolute Gasteiger partial charge is 0.274 e. The van der Waals surface area contributed by atoms with E-state index in [-0.39, 0.29) is 5.91 Å². The number of ether oxygens (including phenoxy) is 1. The Morgan fingerprint density at radius 1 is 1.27 bits per heavy atom. The van der Waals surface area contributed by atoms with Crippen LogP contribution in [-0.4, -0.2) is 27.3 Å². The second-order valence-corrected chi connectivity index (χ2v) is 6.79. The first-order chi connectivity index (χ1) is 12.7. The van der Waals surface area contributed by atoms with E-state index < -0.39 is 0 Å². The van der Waals surface area contributed by atoms with E-state index >= 15 is 0 Å². The van der Waals surface area contributed by atoms with Crippen molar-refractivity contribution in [3.8, 4) is 5.88 Å². The molecule has 1 aliphatic carbocycles. The Morgan fingerprint density at radius 2 is 2.12 bits per heavy atom. The second kappa shape index (κ2) is 7.15. The lowest BCUT2D eigenvalue weighted by atomic mass is 10.1. The van der Waals surface area contributed by atoms with E-state index in [9.17, 15) is 4.79 Å². The van der Waals surface area contributed by atoms with Gasteiger partial charge in [-0.05, 0) is 49.1 Å². The van der Waals surface area contributed by atoms with Crippen LogP contribution in [0.2, 0.25) is 0 Å². The molecule has 6 heteroatoms. The van der Waals surface area contributed by atoms with Crippen LogP contribution in [0.5, 0.6) is 5.88 Å². The van der Waals surface area contributed by atoms with Crippen molar-refractivity contribution in [3.05, 3.63) is 48.3 Å². The predicted molar refractivity (Wildman–Crippen MR) is 100 cm³/mol. The molecule has 0 bridgehead atoms. The lowest BCUT2D eigenvalue weighted by molar-refractivity contribution is 0.102. The monoisotopic (exact) mass is 350 g/mol. The molecule has 1 fully saturated rings. The van der Waals surface area contributed by atoms with Crippen molar-refractivity contribution in [1.82, 2.24) is 14.8 Å². The van der Waals surface area contributed by atoms with E-state index in [2.05, 4.69) is 15.4 Å². The molecule has 0 unspecified atom stereocenters. The van der Waals surface area contributed by atoms with Gasteiger partial charge in [0.1, 0.15) is 5.69 Å². The zero-order chi connectivity index (χ0) is 17.9. The number of hydrogen-bond donors (Lipinski definition) is 1. The number of amides is 1. The van der Waals surface area contributed by atoms with Gasteiger partial charge in [-0.2, -0.15) is 0 Å². The van der Waals surface area contributed by atoms with Gasteiger partial charge in [0.25, 0.3) is 5.91 Å². The Labute approximate surface area is 152 Å². The van der Waals surface area contributed by atoms with Crippen molar-refractivity contribution in [2.24, 2.45) is 13.0 Å². The zero-order valence-electron chi connectivity index (χ0n) is 14.8. The highest BCUT2D eigenvalue weighted by Gasteiger charge is 2.18. The van der Waals surface area contributed by atoms with Gasteiger partial charge in [-0.1, -0.05) is 18.9 Å². The Hall–Kier alpha value is -2.89. The first-order valence-electron chi connectivity index (χ1n) is 9.02. The molecular formula is C20H22N4O2. The largest absolute Gasteiger partial charge is 0.476 e. The molecule has 0 radical (unpaired) electrons. The molecule has 4 rings (SSSR count). The van der Waals surface area contributed by atoms with Crippen LogP contribution in [-0.2, 0) is 7.05 Å². The normalized spacial score (nSPS) is 14.7. The van der Waals surface area contributed by atoms with Crippen LogP contribution in [0.3, 0.4) is 0 Å². The molecule has 0 saturated heterocycles. The molecule has 2 heterocycles. The molecule has 0 atom stereocenters. The van der Waals surface area contributed by atoms with Crippen molar-refractivity contribution in [2.45, 2.75) is 25.7 Å². The van der Waals surface area contributed by atoms with Gasteiger partial charge in [0, 0.05) is 18.9 Å². The van der Waals surface area contributed by atoms with Gasteiger partial charge >= 0.3 is 0 Å². The maximum atomic E-state index is 12.3. The standard InChI is InChI=1S/C20H22N4O2/c1-24-18-12-15(22-19(25)17-8-4-5-11-21-17)9-10-16(18)20(23-24)26-13-14-6-2-3-7-14/h4-5,8-12,14H,2-3,6-7,13H2,1H3,(H,22,25). The highest BCUT2D eigenvalue weighted by molar-refractivity contribution is 6.03. The van der Waals surface area contributed by atoms with Gasteiger partial charge in [0.05, 0.1) is 17.5 Å². The third-order valence-corrected chi connectivity index (χ3v) is 4.90.